The van der Waals surface area contributed by atoms with E-state index in [0.29, 0.717) is 0 Å². The molecule has 1 aliphatic heterocycles. The first-order valence-electron chi connectivity index (χ1n) is 3.98. The quantitative estimate of drug-likeness (QED) is 0.643. The molecule has 0 aromatic heterocycles. The van der Waals surface area contributed by atoms with Gasteiger partial charge in [0.2, 0.25) is 0 Å². The highest BCUT2D eigenvalue weighted by Crippen LogP contribution is 2.27. The Morgan fingerprint density at radius 1 is 0.786 bits per heavy atom. The maximum atomic E-state index is 11.5. The van der Waals surface area contributed by atoms with Crippen molar-refractivity contribution in [3.05, 3.63) is 24.3 Å². The van der Waals surface area contributed by atoms with Crippen LogP contribution >= 0.6 is 0 Å². The molecule has 1 aliphatic rings. The van der Waals surface area contributed by atoms with Gasteiger partial charge in [0.25, 0.3) is 0 Å². The summed E-state index contributed by atoms with van der Waals surface area (Å²) in [5.41, 5.74) is 0. The van der Waals surface area contributed by atoms with Gasteiger partial charge < -0.3 is 0 Å². The van der Waals surface area contributed by atoms with E-state index < -0.39 is 19.7 Å². The third-order valence-electron chi connectivity index (χ3n) is 2.14. The number of hydrogen-bond donors (Lipinski definition) is 0. The highest BCUT2D eigenvalue weighted by molar-refractivity contribution is 7.97. The average molecular weight is 232 g/mol. The summed E-state index contributed by atoms with van der Waals surface area (Å²) >= 11 is 0. The summed E-state index contributed by atoms with van der Waals surface area (Å²) < 4.78 is 46.0. The van der Waals surface area contributed by atoms with Gasteiger partial charge in [0.05, 0.1) is 21.3 Å². The smallest absolute Gasteiger partial charge is 0.180 e. The normalized spacial score (nSPS) is 22.6. The highest BCUT2D eigenvalue weighted by atomic mass is 32.2. The summed E-state index contributed by atoms with van der Waals surface area (Å²) in [5.74, 6) is -0.626. The zero-order valence-electron chi connectivity index (χ0n) is 7.17. The monoisotopic (exact) mass is 232 g/mol. The van der Waals surface area contributed by atoms with Crippen molar-refractivity contribution in [3.8, 4) is 0 Å². The predicted molar refractivity (Wildman–Crippen MR) is 50.5 cm³/mol. The molecule has 14 heavy (non-hydrogen) atoms. The lowest BCUT2D eigenvalue weighted by atomic mass is 10.4. The molecule has 0 amide bonds. The van der Waals surface area contributed by atoms with Crippen molar-refractivity contribution in [2.75, 3.05) is 11.5 Å². The minimum absolute atomic E-state index is 0.0637. The largest absolute Gasteiger partial charge is 0.224 e. The Hall–Kier alpha value is -0.880. The van der Waals surface area contributed by atoms with Crippen molar-refractivity contribution in [2.24, 2.45) is 0 Å². The van der Waals surface area contributed by atoms with Crippen LogP contribution in [0, 0.1) is 0 Å². The molecule has 2 rings (SSSR count). The van der Waals surface area contributed by atoms with Crippen molar-refractivity contribution in [2.45, 2.75) is 9.79 Å². The van der Waals surface area contributed by atoms with Crippen molar-refractivity contribution in [1.29, 1.82) is 0 Å². The fraction of sp³-hybridized carbons (Fsp3) is 0.250. The van der Waals surface area contributed by atoms with E-state index in [1.165, 1.54) is 24.3 Å². The van der Waals surface area contributed by atoms with Crippen LogP contribution in [0.4, 0.5) is 0 Å². The van der Waals surface area contributed by atoms with Crippen molar-refractivity contribution in [3.63, 3.8) is 0 Å². The van der Waals surface area contributed by atoms with Gasteiger partial charge in [-0.05, 0) is 12.1 Å². The van der Waals surface area contributed by atoms with Crippen LogP contribution in [0.5, 0.6) is 0 Å². The lowest BCUT2D eigenvalue weighted by Gasteiger charge is -2.15. The van der Waals surface area contributed by atoms with Gasteiger partial charge in [-0.25, -0.2) is 16.8 Å². The second-order valence-corrected chi connectivity index (χ2v) is 7.24. The van der Waals surface area contributed by atoms with Crippen LogP contribution in [0.15, 0.2) is 34.1 Å². The Bertz CT molecular complexity index is 516. The van der Waals surface area contributed by atoms with Gasteiger partial charge in [0.15, 0.2) is 19.7 Å². The van der Waals surface area contributed by atoms with E-state index in [4.69, 9.17) is 0 Å². The van der Waals surface area contributed by atoms with E-state index in [1.54, 1.807) is 0 Å². The first-order chi connectivity index (χ1) is 6.43. The SMILES string of the molecule is O=S1(=O)CCS(=O)(=O)c2ccccc21. The van der Waals surface area contributed by atoms with Gasteiger partial charge in [-0.15, -0.1) is 0 Å². The maximum Gasteiger partial charge on any atom is 0.180 e. The molecule has 1 heterocycles. The molecule has 0 aliphatic carbocycles. The maximum absolute atomic E-state index is 11.5. The fourth-order valence-electron chi connectivity index (χ4n) is 1.40. The molecule has 0 bridgehead atoms. The summed E-state index contributed by atoms with van der Waals surface area (Å²) in [4.78, 5) is -0.127. The molecule has 0 radical (unpaired) electrons. The Morgan fingerprint density at radius 3 is 1.50 bits per heavy atom. The Balaban J connectivity index is 2.87. The summed E-state index contributed by atoms with van der Waals surface area (Å²) in [6.07, 6.45) is 0. The molecule has 0 saturated heterocycles. The van der Waals surface area contributed by atoms with Crippen LogP contribution in [0.1, 0.15) is 0 Å². The van der Waals surface area contributed by atoms with Gasteiger partial charge in [0, 0.05) is 0 Å². The van der Waals surface area contributed by atoms with Gasteiger partial charge in [-0.1, -0.05) is 12.1 Å². The van der Waals surface area contributed by atoms with E-state index in [-0.39, 0.29) is 21.3 Å². The van der Waals surface area contributed by atoms with Gasteiger partial charge in [-0.3, -0.25) is 0 Å². The van der Waals surface area contributed by atoms with Crippen LogP contribution in [0.25, 0.3) is 0 Å². The van der Waals surface area contributed by atoms with Crippen LogP contribution in [0.2, 0.25) is 0 Å². The van der Waals surface area contributed by atoms with Crippen molar-refractivity contribution < 1.29 is 16.8 Å². The average Bonchev–Trinajstić information content (AvgIpc) is 2.14. The summed E-state index contributed by atoms with van der Waals surface area (Å²) in [6.45, 7) is 0. The van der Waals surface area contributed by atoms with Crippen molar-refractivity contribution >= 4 is 19.7 Å². The van der Waals surface area contributed by atoms with E-state index >= 15 is 0 Å². The first kappa shape index (κ1) is 9.67. The van der Waals surface area contributed by atoms with Crippen LogP contribution in [0.3, 0.4) is 0 Å². The van der Waals surface area contributed by atoms with Crippen LogP contribution in [-0.2, 0) is 19.7 Å². The van der Waals surface area contributed by atoms with E-state index in [0.717, 1.165) is 0 Å². The summed E-state index contributed by atoms with van der Waals surface area (Å²) in [6, 6.07) is 5.72. The molecule has 1 aromatic rings. The predicted octanol–water partition coefficient (Wildman–Crippen LogP) is 0.248. The summed E-state index contributed by atoms with van der Waals surface area (Å²) in [5, 5.41) is 0. The Kier molecular flexibility index (Phi) is 1.94. The molecule has 4 nitrogen and oxygen atoms in total. The van der Waals surface area contributed by atoms with E-state index in [2.05, 4.69) is 0 Å². The fourth-order valence-corrected chi connectivity index (χ4v) is 5.68. The van der Waals surface area contributed by atoms with Crippen molar-refractivity contribution in [1.82, 2.24) is 0 Å². The highest BCUT2D eigenvalue weighted by Gasteiger charge is 2.32. The molecule has 0 N–H and O–H groups in total. The molecule has 0 saturated carbocycles. The van der Waals surface area contributed by atoms with Crippen LogP contribution < -0.4 is 0 Å². The molecule has 76 valence electrons. The molecular weight excluding hydrogens is 224 g/mol. The third kappa shape index (κ3) is 1.34. The van der Waals surface area contributed by atoms with Gasteiger partial charge in [-0.2, -0.15) is 0 Å². The number of hydrogen-bond acceptors (Lipinski definition) is 4. The molecule has 0 fully saturated rings. The first-order valence-corrected chi connectivity index (χ1v) is 7.28. The van der Waals surface area contributed by atoms with Gasteiger partial charge >= 0.3 is 0 Å². The topological polar surface area (TPSA) is 68.3 Å². The second-order valence-electron chi connectivity index (χ2n) is 3.08. The number of benzene rings is 1. The molecule has 0 spiro atoms. The van der Waals surface area contributed by atoms with Gasteiger partial charge in [0.1, 0.15) is 0 Å². The lowest BCUT2D eigenvalue weighted by Crippen LogP contribution is -2.25. The molecule has 1 aromatic carbocycles. The second kappa shape index (κ2) is 2.80. The van der Waals surface area contributed by atoms with Crippen LogP contribution in [-0.4, -0.2) is 28.3 Å². The number of sulfone groups is 2. The molecule has 0 unspecified atom stereocenters. The van der Waals surface area contributed by atoms with E-state index in [1.807, 2.05) is 0 Å². The van der Waals surface area contributed by atoms with E-state index in [9.17, 15) is 16.8 Å². The zero-order valence-corrected chi connectivity index (χ0v) is 8.81. The molecular formula is C8H8O4S2. The third-order valence-corrected chi connectivity index (χ3v) is 6.06. The minimum atomic E-state index is -3.39. The zero-order chi connectivity index (χ0) is 10.4. The molecule has 0 atom stereocenters. The lowest BCUT2D eigenvalue weighted by molar-refractivity contribution is 0.575. The summed E-state index contributed by atoms with van der Waals surface area (Å²) in [7, 11) is -6.78. The standard InChI is InChI=1S/C8H8O4S2/c9-13(10)5-6-14(11,12)8-4-2-1-3-7(8)13/h1-4H,5-6H2. The number of rotatable bonds is 0. The Labute approximate surface area is 82.4 Å². The number of fused-ring (bicyclic) bond motifs is 1. The Morgan fingerprint density at radius 2 is 1.14 bits per heavy atom. The minimum Gasteiger partial charge on any atom is -0.224 e. The molecule has 6 heteroatoms.